The van der Waals surface area contributed by atoms with Crippen LogP contribution in [0.5, 0.6) is 5.75 Å². The maximum Gasteiger partial charge on any atom is 0.258 e. The van der Waals surface area contributed by atoms with Crippen molar-refractivity contribution in [3.05, 3.63) is 28.8 Å². The lowest BCUT2D eigenvalue weighted by Gasteiger charge is -2.46. The van der Waals surface area contributed by atoms with Crippen molar-refractivity contribution < 1.29 is 9.53 Å². The van der Waals surface area contributed by atoms with Gasteiger partial charge < -0.3 is 15.4 Å². The van der Waals surface area contributed by atoms with E-state index in [4.69, 9.17) is 4.74 Å². The van der Waals surface area contributed by atoms with Crippen LogP contribution in [0.4, 0.5) is 0 Å². The molecule has 0 atom stereocenters. The van der Waals surface area contributed by atoms with Crippen LogP contribution in [0.2, 0.25) is 0 Å². The summed E-state index contributed by atoms with van der Waals surface area (Å²) < 4.78 is 5.78. The SMILES string of the molecule is Cc1cc(C)c(C)c(OCC(=O)NC2CC(C)(C)NC(C)(C)C2)c1. The molecule has 1 aromatic rings. The van der Waals surface area contributed by atoms with Gasteiger partial charge in [-0.3, -0.25) is 4.79 Å². The van der Waals surface area contributed by atoms with E-state index in [0.717, 1.165) is 29.7 Å². The number of piperidine rings is 1. The van der Waals surface area contributed by atoms with Crippen molar-refractivity contribution in [3.63, 3.8) is 0 Å². The minimum absolute atomic E-state index is 0.0186. The quantitative estimate of drug-likeness (QED) is 0.888. The first-order valence-corrected chi connectivity index (χ1v) is 8.77. The molecule has 1 aliphatic rings. The lowest BCUT2D eigenvalue weighted by atomic mass is 9.79. The van der Waals surface area contributed by atoms with E-state index in [0.29, 0.717) is 0 Å². The third-order valence-corrected chi connectivity index (χ3v) is 4.68. The fourth-order valence-electron chi connectivity index (χ4n) is 3.99. The van der Waals surface area contributed by atoms with Gasteiger partial charge in [-0.2, -0.15) is 0 Å². The van der Waals surface area contributed by atoms with Gasteiger partial charge in [-0.25, -0.2) is 0 Å². The normalized spacial score (nSPS) is 19.8. The van der Waals surface area contributed by atoms with Gasteiger partial charge in [-0.1, -0.05) is 6.07 Å². The highest BCUT2D eigenvalue weighted by Gasteiger charge is 2.38. The Labute approximate surface area is 146 Å². The molecule has 0 unspecified atom stereocenters. The molecule has 0 saturated carbocycles. The zero-order valence-electron chi connectivity index (χ0n) is 16.2. The Kier molecular flexibility index (Phi) is 5.28. The van der Waals surface area contributed by atoms with Crippen LogP contribution in [0.15, 0.2) is 12.1 Å². The summed E-state index contributed by atoms with van der Waals surface area (Å²) in [5.74, 6) is 0.751. The number of hydrogen-bond acceptors (Lipinski definition) is 3. The molecule has 4 nitrogen and oxygen atoms in total. The molecule has 1 amide bonds. The van der Waals surface area contributed by atoms with Crippen molar-refractivity contribution in [1.29, 1.82) is 0 Å². The van der Waals surface area contributed by atoms with E-state index in [1.807, 2.05) is 19.9 Å². The average Bonchev–Trinajstić information content (AvgIpc) is 2.37. The summed E-state index contributed by atoms with van der Waals surface area (Å²) >= 11 is 0. The molecule has 134 valence electrons. The van der Waals surface area contributed by atoms with Crippen LogP contribution in [0.25, 0.3) is 0 Å². The summed E-state index contributed by atoms with van der Waals surface area (Å²) in [7, 11) is 0. The fourth-order valence-corrected chi connectivity index (χ4v) is 3.99. The van der Waals surface area contributed by atoms with Crippen molar-refractivity contribution in [2.75, 3.05) is 6.61 Å². The molecule has 1 aliphatic heterocycles. The molecule has 0 spiro atoms. The fraction of sp³-hybridized carbons (Fsp3) is 0.650. The second-order valence-electron chi connectivity index (χ2n) is 8.56. The number of nitrogens with one attached hydrogen (secondary N) is 2. The number of carbonyl (C=O) groups is 1. The van der Waals surface area contributed by atoms with Gasteiger partial charge in [-0.05, 0) is 84.1 Å². The number of hydrogen-bond donors (Lipinski definition) is 2. The minimum Gasteiger partial charge on any atom is -0.483 e. The lowest BCUT2D eigenvalue weighted by Crippen LogP contribution is -2.62. The molecule has 1 aromatic carbocycles. The molecule has 24 heavy (non-hydrogen) atoms. The van der Waals surface area contributed by atoms with Crippen molar-refractivity contribution in [1.82, 2.24) is 10.6 Å². The molecule has 0 bridgehead atoms. The summed E-state index contributed by atoms with van der Waals surface area (Å²) in [6.07, 6.45) is 1.84. The first-order chi connectivity index (χ1) is 11.0. The summed E-state index contributed by atoms with van der Waals surface area (Å²) in [4.78, 5) is 12.3. The van der Waals surface area contributed by atoms with Crippen molar-refractivity contribution >= 4 is 5.91 Å². The van der Waals surface area contributed by atoms with E-state index < -0.39 is 0 Å². The molecule has 1 saturated heterocycles. The van der Waals surface area contributed by atoms with Crippen LogP contribution in [0.1, 0.15) is 57.2 Å². The van der Waals surface area contributed by atoms with Gasteiger partial charge in [0.15, 0.2) is 6.61 Å². The number of rotatable bonds is 4. The number of amides is 1. The summed E-state index contributed by atoms with van der Waals surface area (Å²) in [5, 5.41) is 6.78. The number of benzene rings is 1. The topological polar surface area (TPSA) is 50.4 Å². The largest absolute Gasteiger partial charge is 0.483 e. The van der Waals surface area contributed by atoms with Crippen molar-refractivity contribution in [2.24, 2.45) is 0 Å². The van der Waals surface area contributed by atoms with Crippen LogP contribution in [0, 0.1) is 20.8 Å². The molecule has 2 rings (SSSR count). The lowest BCUT2D eigenvalue weighted by molar-refractivity contribution is -0.124. The van der Waals surface area contributed by atoms with E-state index in [1.54, 1.807) is 0 Å². The van der Waals surface area contributed by atoms with Crippen LogP contribution in [-0.2, 0) is 4.79 Å². The summed E-state index contributed by atoms with van der Waals surface area (Å²) in [6, 6.07) is 4.29. The molecule has 0 aliphatic carbocycles. The van der Waals surface area contributed by atoms with Crippen molar-refractivity contribution in [3.8, 4) is 5.75 Å². The van der Waals surface area contributed by atoms with Crippen LogP contribution < -0.4 is 15.4 Å². The maximum atomic E-state index is 12.3. The Hall–Kier alpha value is -1.55. The average molecular weight is 332 g/mol. The molecule has 0 radical (unpaired) electrons. The second kappa shape index (κ2) is 6.75. The highest BCUT2D eigenvalue weighted by molar-refractivity contribution is 5.78. The third kappa shape index (κ3) is 4.97. The highest BCUT2D eigenvalue weighted by atomic mass is 16.5. The molecular weight excluding hydrogens is 300 g/mol. The highest BCUT2D eigenvalue weighted by Crippen LogP contribution is 2.28. The molecule has 4 heteroatoms. The molecule has 2 N–H and O–H groups in total. The molecule has 1 heterocycles. The predicted octanol–water partition coefficient (Wildman–Crippen LogP) is 3.42. The maximum absolute atomic E-state index is 12.3. The first kappa shape index (κ1) is 18.8. The zero-order chi connectivity index (χ0) is 18.1. The number of ether oxygens (including phenoxy) is 1. The van der Waals surface area contributed by atoms with E-state index in [1.165, 1.54) is 5.56 Å². The van der Waals surface area contributed by atoms with E-state index >= 15 is 0 Å². The standard InChI is InChI=1S/C20H32N2O2/c1-13-8-14(2)15(3)17(9-13)24-12-18(23)21-16-10-19(4,5)22-20(6,7)11-16/h8-9,16,22H,10-12H2,1-7H3,(H,21,23). The summed E-state index contributed by atoms with van der Waals surface area (Å²) in [5.41, 5.74) is 3.47. The van der Waals surface area contributed by atoms with E-state index in [2.05, 4.69) is 51.3 Å². The summed E-state index contributed by atoms with van der Waals surface area (Å²) in [6.45, 7) is 14.9. The first-order valence-electron chi connectivity index (χ1n) is 8.77. The van der Waals surface area contributed by atoms with Crippen LogP contribution in [0.3, 0.4) is 0 Å². The Morgan fingerprint density at radius 2 is 1.75 bits per heavy atom. The van der Waals surface area contributed by atoms with Gasteiger partial charge in [0.1, 0.15) is 5.75 Å². The van der Waals surface area contributed by atoms with Crippen LogP contribution in [-0.4, -0.2) is 29.6 Å². The zero-order valence-corrected chi connectivity index (χ0v) is 16.2. The molecule has 1 fully saturated rings. The van der Waals surface area contributed by atoms with Gasteiger partial charge in [-0.15, -0.1) is 0 Å². The van der Waals surface area contributed by atoms with Gasteiger partial charge in [0.2, 0.25) is 0 Å². The Balaban J connectivity index is 1.94. The number of aryl methyl sites for hydroxylation is 2. The van der Waals surface area contributed by atoms with E-state index in [-0.39, 0.29) is 29.6 Å². The monoisotopic (exact) mass is 332 g/mol. The molecule has 0 aromatic heterocycles. The van der Waals surface area contributed by atoms with Gasteiger partial charge >= 0.3 is 0 Å². The van der Waals surface area contributed by atoms with Gasteiger partial charge in [0.25, 0.3) is 5.91 Å². The minimum atomic E-state index is -0.0490. The van der Waals surface area contributed by atoms with Crippen LogP contribution >= 0.6 is 0 Å². The Bertz CT molecular complexity index is 604. The third-order valence-electron chi connectivity index (χ3n) is 4.68. The van der Waals surface area contributed by atoms with Crippen molar-refractivity contribution in [2.45, 2.75) is 78.4 Å². The van der Waals surface area contributed by atoms with E-state index in [9.17, 15) is 4.79 Å². The van der Waals surface area contributed by atoms with Gasteiger partial charge in [0.05, 0.1) is 0 Å². The Morgan fingerprint density at radius 1 is 1.17 bits per heavy atom. The number of carbonyl (C=O) groups excluding carboxylic acids is 1. The second-order valence-corrected chi connectivity index (χ2v) is 8.56. The smallest absolute Gasteiger partial charge is 0.258 e. The Morgan fingerprint density at radius 3 is 2.33 bits per heavy atom. The molecular formula is C20H32N2O2. The predicted molar refractivity (Wildman–Crippen MR) is 98.6 cm³/mol. The van der Waals surface area contributed by atoms with Gasteiger partial charge in [0, 0.05) is 17.1 Å².